The van der Waals surface area contributed by atoms with Gasteiger partial charge in [-0.25, -0.2) is 0 Å². The van der Waals surface area contributed by atoms with Crippen LogP contribution in [0, 0.1) is 5.92 Å². The van der Waals surface area contributed by atoms with Crippen molar-refractivity contribution in [2.24, 2.45) is 5.92 Å². The number of hydrogen-bond acceptors (Lipinski definition) is 4. The molecule has 1 aromatic rings. The third-order valence-electron chi connectivity index (χ3n) is 3.56. The van der Waals surface area contributed by atoms with Crippen LogP contribution in [-0.4, -0.2) is 44.5 Å². The van der Waals surface area contributed by atoms with Crippen molar-refractivity contribution in [3.63, 3.8) is 0 Å². The smallest absolute Gasteiger partial charge is 0.123 e. The van der Waals surface area contributed by atoms with Gasteiger partial charge in [0.05, 0.1) is 7.11 Å². The van der Waals surface area contributed by atoms with E-state index in [1.807, 2.05) is 24.3 Å². The van der Waals surface area contributed by atoms with Crippen LogP contribution in [0.3, 0.4) is 0 Å². The summed E-state index contributed by atoms with van der Waals surface area (Å²) in [5.74, 6) is 1.96. The summed E-state index contributed by atoms with van der Waals surface area (Å²) in [7, 11) is 1.65. The van der Waals surface area contributed by atoms with E-state index in [1.54, 1.807) is 7.11 Å². The molecule has 0 aromatic heterocycles. The predicted molar refractivity (Wildman–Crippen MR) is 73.7 cm³/mol. The lowest BCUT2D eigenvalue weighted by atomic mass is 9.99. The fraction of sp³-hybridized carbons (Fsp3) is 0.533. The molecule has 0 aliphatic carbocycles. The summed E-state index contributed by atoms with van der Waals surface area (Å²) in [6, 6.07) is 7.62. The summed E-state index contributed by atoms with van der Waals surface area (Å²) in [5.41, 5.74) is 0. The van der Waals surface area contributed by atoms with Crippen molar-refractivity contribution in [2.75, 3.05) is 33.4 Å². The molecular formula is C15H21NO3. The van der Waals surface area contributed by atoms with Crippen LogP contribution in [0.5, 0.6) is 11.5 Å². The highest BCUT2D eigenvalue weighted by Gasteiger charge is 2.17. The van der Waals surface area contributed by atoms with Crippen molar-refractivity contribution in [3.8, 4) is 11.5 Å². The first kappa shape index (κ1) is 13.9. The summed E-state index contributed by atoms with van der Waals surface area (Å²) in [5, 5.41) is 0. The quantitative estimate of drug-likeness (QED) is 0.736. The van der Waals surface area contributed by atoms with E-state index in [0.29, 0.717) is 6.61 Å². The largest absolute Gasteiger partial charge is 0.497 e. The van der Waals surface area contributed by atoms with Crippen LogP contribution in [0.1, 0.15) is 12.8 Å². The summed E-state index contributed by atoms with van der Waals surface area (Å²) in [6.07, 6.45) is 3.04. The number of nitrogens with zero attached hydrogens (tertiary/aromatic N) is 1. The van der Waals surface area contributed by atoms with Gasteiger partial charge in [0.2, 0.25) is 0 Å². The van der Waals surface area contributed by atoms with Crippen LogP contribution in [-0.2, 0) is 4.79 Å². The van der Waals surface area contributed by atoms with Crippen molar-refractivity contribution in [1.82, 2.24) is 4.90 Å². The first-order valence-electron chi connectivity index (χ1n) is 6.76. The van der Waals surface area contributed by atoms with Gasteiger partial charge in [-0.2, -0.15) is 0 Å². The number of hydrogen-bond donors (Lipinski definition) is 0. The minimum absolute atomic E-state index is 0.263. The van der Waals surface area contributed by atoms with Gasteiger partial charge in [0.1, 0.15) is 24.4 Å². The Balaban J connectivity index is 1.67. The molecule has 0 radical (unpaired) electrons. The Bertz CT molecular complexity index is 383. The van der Waals surface area contributed by atoms with Gasteiger partial charge >= 0.3 is 0 Å². The fourth-order valence-corrected chi connectivity index (χ4v) is 2.28. The number of likely N-dealkylation sites (tertiary alicyclic amines) is 1. The molecule has 4 nitrogen and oxygen atoms in total. The maximum absolute atomic E-state index is 10.7. The first-order chi connectivity index (χ1) is 9.31. The lowest BCUT2D eigenvalue weighted by molar-refractivity contribution is -0.112. The molecule has 1 saturated heterocycles. The monoisotopic (exact) mass is 263 g/mol. The third kappa shape index (κ3) is 4.24. The lowest BCUT2D eigenvalue weighted by Gasteiger charge is -2.29. The van der Waals surface area contributed by atoms with Crippen molar-refractivity contribution in [1.29, 1.82) is 0 Å². The van der Waals surface area contributed by atoms with Crippen LogP contribution >= 0.6 is 0 Å². The van der Waals surface area contributed by atoms with Gasteiger partial charge in [0.15, 0.2) is 0 Å². The Morgan fingerprint density at radius 2 is 1.84 bits per heavy atom. The molecule has 0 N–H and O–H groups in total. The molecule has 0 unspecified atom stereocenters. The second-order valence-electron chi connectivity index (χ2n) is 4.84. The molecule has 1 aromatic carbocycles. The minimum Gasteiger partial charge on any atom is -0.497 e. The molecule has 0 atom stereocenters. The summed E-state index contributed by atoms with van der Waals surface area (Å²) < 4.78 is 10.8. The van der Waals surface area contributed by atoms with E-state index in [0.717, 1.165) is 50.3 Å². The van der Waals surface area contributed by atoms with E-state index in [2.05, 4.69) is 4.90 Å². The molecule has 1 fully saturated rings. The van der Waals surface area contributed by atoms with Crippen LogP contribution in [0.4, 0.5) is 0 Å². The summed E-state index contributed by atoms with van der Waals surface area (Å²) >= 11 is 0. The van der Waals surface area contributed by atoms with Crippen molar-refractivity contribution >= 4 is 6.29 Å². The van der Waals surface area contributed by atoms with E-state index in [-0.39, 0.29) is 5.92 Å². The molecule has 1 aliphatic rings. The summed E-state index contributed by atoms with van der Waals surface area (Å²) in [6.45, 7) is 3.58. The number of aldehydes is 1. The van der Waals surface area contributed by atoms with Crippen molar-refractivity contribution < 1.29 is 14.3 Å². The third-order valence-corrected chi connectivity index (χ3v) is 3.56. The van der Waals surface area contributed by atoms with E-state index in [1.165, 1.54) is 0 Å². The molecule has 4 heteroatoms. The van der Waals surface area contributed by atoms with Crippen molar-refractivity contribution in [3.05, 3.63) is 24.3 Å². The molecule has 0 amide bonds. The Hall–Kier alpha value is -1.55. The normalized spacial score (nSPS) is 17.1. The van der Waals surface area contributed by atoms with Gasteiger partial charge in [-0.15, -0.1) is 0 Å². The van der Waals surface area contributed by atoms with Gasteiger partial charge in [-0.3, -0.25) is 4.90 Å². The van der Waals surface area contributed by atoms with Gasteiger partial charge in [-0.1, -0.05) is 0 Å². The molecular weight excluding hydrogens is 242 g/mol. The average molecular weight is 263 g/mol. The lowest BCUT2D eigenvalue weighted by Crippen LogP contribution is -2.36. The van der Waals surface area contributed by atoms with Gasteiger partial charge < -0.3 is 14.3 Å². The number of piperidine rings is 1. The zero-order chi connectivity index (χ0) is 13.5. The zero-order valence-corrected chi connectivity index (χ0v) is 11.4. The Labute approximate surface area is 114 Å². The molecule has 0 saturated carbocycles. The topological polar surface area (TPSA) is 38.8 Å². The first-order valence-corrected chi connectivity index (χ1v) is 6.76. The van der Waals surface area contributed by atoms with Gasteiger partial charge in [-0.05, 0) is 50.2 Å². The van der Waals surface area contributed by atoms with Gasteiger partial charge in [0.25, 0.3) is 0 Å². The van der Waals surface area contributed by atoms with Crippen LogP contribution in [0.15, 0.2) is 24.3 Å². The Kier molecular flexibility index (Phi) is 5.21. The molecule has 2 rings (SSSR count). The van der Waals surface area contributed by atoms with E-state index >= 15 is 0 Å². The molecule has 1 heterocycles. The summed E-state index contributed by atoms with van der Waals surface area (Å²) in [4.78, 5) is 13.0. The number of carbonyl (C=O) groups is 1. The number of rotatable bonds is 6. The van der Waals surface area contributed by atoms with Gasteiger partial charge in [0, 0.05) is 12.5 Å². The fourth-order valence-electron chi connectivity index (χ4n) is 2.28. The maximum Gasteiger partial charge on any atom is 0.123 e. The maximum atomic E-state index is 10.7. The van der Waals surface area contributed by atoms with E-state index in [4.69, 9.17) is 9.47 Å². The Morgan fingerprint density at radius 1 is 1.21 bits per heavy atom. The van der Waals surface area contributed by atoms with Crippen LogP contribution in [0.25, 0.3) is 0 Å². The molecule has 1 aliphatic heterocycles. The zero-order valence-electron chi connectivity index (χ0n) is 11.4. The highest BCUT2D eigenvalue weighted by atomic mass is 16.5. The number of methoxy groups -OCH3 is 1. The molecule has 104 valence electrons. The van der Waals surface area contributed by atoms with Crippen molar-refractivity contribution in [2.45, 2.75) is 12.8 Å². The van der Waals surface area contributed by atoms with E-state index in [9.17, 15) is 4.79 Å². The number of ether oxygens (including phenoxy) is 2. The highest BCUT2D eigenvalue weighted by Crippen LogP contribution is 2.17. The van der Waals surface area contributed by atoms with Crippen LogP contribution < -0.4 is 9.47 Å². The number of benzene rings is 1. The molecule has 0 bridgehead atoms. The number of carbonyl (C=O) groups excluding carboxylic acids is 1. The standard InChI is InChI=1S/C15H21NO3/c1-18-14-2-4-15(5-3-14)19-11-10-16-8-6-13(12-17)7-9-16/h2-5,12-13H,6-11H2,1H3. The molecule has 0 spiro atoms. The highest BCUT2D eigenvalue weighted by molar-refractivity contribution is 5.53. The molecule has 19 heavy (non-hydrogen) atoms. The van der Waals surface area contributed by atoms with E-state index < -0.39 is 0 Å². The minimum atomic E-state index is 0.263. The second kappa shape index (κ2) is 7.14. The van der Waals surface area contributed by atoms with Crippen LogP contribution in [0.2, 0.25) is 0 Å². The second-order valence-corrected chi connectivity index (χ2v) is 4.84. The average Bonchev–Trinajstić information content (AvgIpc) is 2.49. The SMILES string of the molecule is COc1ccc(OCCN2CCC(C=O)CC2)cc1. The Morgan fingerprint density at radius 3 is 2.42 bits per heavy atom. The predicted octanol–water partition coefficient (Wildman–Crippen LogP) is 1.98.